The number of carbonyl (C=O) groups is 4. The van der Waals surface area contributed by atoms with Gasteiger partial charge in [-0.3, -0.25) is 14.4 Å². The summed E-state index contributed by atoms with van der Waals surface area (Å²) >= 11 is 0. The first-order valence-electron chi connectivity index (χ1n) is 9.68. The Labute approximate surface area is 180 Å². The molecule has 0 heterocycles. The lowest BCUT2D eigenvalue weighted by molar-refractivity contribution is -0.143. The Morgan fingerprint density at radius 2 is 1.52 bits per heavy atom. The molecule has 0 spiro atoms. The molecule has 174 valence electrons. The first-order valence-corrected chi connectivity index (χ1v) is 9.68. The van der Waals surface area contributed by atoms with Gasteiger partial charge in [0.05, 0.1) is 5.92 Å². The molecule has 0 aliphatic heterocycles. The average Bonchev–Trinajstić information content (AvgIpc) is 2.72. The fourth-order valence-electron chi connectivity index (χ4n) is 2.16. The van der Waals surface area contributed by atoms with Crippen molar-refractivity contribution in [1.82, 2.24) is 5.32 Å². The number of carbonyl (C=O) groups excluding carboxylic acids is 1. The Bertz CT molecular complexity index is 681. The maximum Gasteiger partial charge on any atom is 0.407 e. The van der Waals surface area contributed by atoms with Gasteiger partial charge < -0.3 is 36.8 Å². The van der Waals surface area contributed by atoms with E-state index in [4.69, 9.17) is 31.5 Å². The number of alkyl carbamates (subject to hydrolysis) is 1. The molecule has 1 aromatic rings. The van der Waals surface area contributed by atoms with E-state index in [1.54, 1.807) is 0 Å². The maximum absolute atomic E-state index is 11.4. The van der Waals surface area contributed by atoms with Crippen LogP contribution in [0.4, 0.5) is 4.79 Å². The monoisotopic (exact) mass is 441 g/mol. The zero-order valence-electron chi connectivity index (χ0n) is 17.4. The van der Waals surface area contributed by atoms with Crippen LogP contribution in [0.3, 0.4) is 0 Å². The molecule has 1 aromatic carbocycles. The molecule has 0 aliphatic rings. The first-order chi connectivity index (χ1) is 14.5. The van der Waals surface area contributed by atoms with E-state index in [0.717, 1.165) is 5.56 Å². The highest BCUT2D eigenvalue weighted by atomic mass is 16.5. The van der Waals surface area contributed by atoms with Gasteiger partial charge in [0.15, 0.2) is 0 Å². The molecule has 11 heteroatoms. The van der Waals surface area contributed by atoms with Crippen LogP contribution in [0.15, 0.2) is 30.3 Å². The predicted molar refractivity (Wildman–Crippen MR) is 111 cm³/mol. The van der Waals surface area contributed by atoms with Crippen molar-refractivity contribution in [3.63, 3.8) is 0 Å². The summed E-state index contributed by atoms with van der Waals surface area (Å²) in [5.74, 6) is -3.90. The lowest BCUT2D eigenvalue weighted by Crippen LogP contribution is -2.33. The third-order valence-corrected chi connectivity index (χ3v) is 4.09. The second-order valence-electron chi connectivity index (χ2n) is 6.85. The summed E-state index contributed by atoms with van der Waals surface area (Å²) in [7, 11) is 0. The zero-order valence-corrected chi connectivity index (χ0v) is 17.4. The van der Waals surface area contributed by atoms with Gasteiger partial charge in [-0.2, -0.15) is 0 Å². The summed E-state index contributed by atoms with van der Waals surface area (Å²) in [5, 5.41) is 27.9. The van der Waals surface area contributed by atoms with E-state index in [0.29, 0.717) is 25.8 Å². The van der Waals surface area contributed by atoms with Gasteiger partial charge in [0, 0.05) is 6.54 Å². The minimum absolute atomic E-state index is 0.0370. The third-order valence-electron chi connectivity index (χ3n) is 4.09. The largest absolute Gasteiger partial charge is 0.481 e. The second-order valence-corrected chi connectivity index (χ2v) is 6.85. The number of carboxylic acid groups (broad SMARTS) is 3. The molecule has 11 nitrogen and oxygen atoms in total. The van der Waals surface area contributed by atoms with Crippen LogP contribution < -0.4 is 16.8 Å². The minimum Gasteiger partial charge on any atom is -0.481 e. The summed E-state index contributed by atoms with van der Waals surface area (Å²) in [5.41, 5.74) is 11.4. The number of hydrogen-bond donors (Lipinski definition) is 6. The lowest BCUT2D eigenvalue weighted by atomic mass is 10.0. The van der Waals surface area contributed by atoms with E-state index in [9.17, 15) is 19.2 Å². The Kier molecular flexibility index (Phi) is 14.0. The van der Waals surface area contributed by atoms with Gasteiger partial charge in [-0.1, -0.05) is 37.3 Å². The number of carboxylic acids is 3. The Morgan fingerprint density at radius 1 is 0.935 bits per heavy atom. The van der Waals surface area contributed by atoms with Crippen LogP contribution in [-0.4, -0.2) is 57.9 Å². The number of benzene rings is 1. The number of ether oxygens (including phenoxy) is 1. The topological polar surface area (TPSA) is 202 Å². The normalized spacial score (nSPS) is 13.0. The first kappa shape index (κ1) is 27.8. The second kappa shape index (κ2) is 15.6. The highest BCUT2D eigenvalue weighted by Gasteiger charge is 2.19. The summed E-state index contributed by atoms with van der Waals surface area (Å²) in [6, 6.07) is 7.48. The summed E-state index contributed by atoms with van der Waals surface area (Å²) in [6.07, 6.45) is 1.20. The Balaban J connectivity index is 0.000000695. The predicted octanol–water partition coefficient (Wildman–Crippen LogP) is 1.00. The van der Waals surface area contributed by atoms with E-state index in [1.165, 1.54) is 6.92 Å². The van der Waals surface area contributed by atoms with Gasteiger partial charge >= 0.3 is 24.0 Å². The number of nitrogens with two attached hydrogens (primary N) is 2. The van der Waals surface area contributed by atoms with Crippen LogP contribution in [0.1, 0.15) is 38.2 Å². The van der Waals surface area contributed by atoms with Crippen LogP contribution in [0.5, 0.6) is 0 Å². The molecular formula is C20H31N3O8. The molecule has 1 amide bonds. The SMILES string of the molecule is CC(C[C@H](N)C(=O)O)C(=O)O.N[C@@H](CCCCNC(=O)OCc1ccccc1)C(=O)O. The van der Waals surface area contributed by atoms with Gasteiger partial charge in [-0.05, 0) is 31.2 Å². The van der Waals surface area contributed by atoms with E-state index in [2.05, 4.69) is 5.32 Å². The van der Waals surface area contributed by atoms with E-state index >= 15 is 0 Å². The Morgan fingerprint density at radius 3 is 2.03 bits per heavy atom. The number of hydrogen-bond acceptors (Lipinski definition) is 7. The molecular weight excluding hydrogens is 410 g/mol. The summed E-state index contributed by atoms with van der Waals surface area (Å²) in [6.45, 7) is 2.10. The molecule has 0 bridgehead atoms. The molecule has 1 rings (SSSR count). The number of nitrogens with one attached hydrogen (secondary N) is 1. The summed E-state index contributed by atoms with van der Waals surface area (Å²) in [4.78, 5) is 42.2. The minimum atomic E-state index is -1.17. The highest BCUT2D eigenvalue weighted by molar-refractivity contribution is 5.75. The van der Waals surface area contributed by atoms with E-state index in [1.807, 2.05) is 30.3 Å². The van der Waals surface area contributed by atoms with Crippen molar-refractivity contribution in [3.05, 3.63) is 35.9 Å². The van der Waals surface area contributed by atoms with E-state index < -0.39 is 42.0 Å². The van der Waals surface area contributed by atoms with Crippen LogP contribution in [0, 0.1) is 5.92 Å². The van der Waals surface area contributed by atoms with Crippen molar-refractivity contribution in [2.45, 2.75) is 51.3 Å². The van der Waals surface area contributed by atoms with Gasteiger partial charge in [0.25, 0.3) is 0 Å². The quantitative estimate of drug-likeness (QED) is 0.254. The van der Waals surface area contributed by atoms with Gasteiger partial charge in [0.1, 0.15) is 18.7 Å². The molecule has 0 saturated heterocycles. The van der Waals surface area contributed by atoms with Crippen LogP contribution in [0.25, 0.3) is 0 Å². The third kappa shape index (κ3) is 14.4. The van der Waals surface area contributed by atoms with Crippen molar-refractivity contribution < 1.29 is 39.2 Å². The van der Waals surface area contributed by atoms with Crippen LogP contribution in [-0.2, 0) is 25.7 Å². The smallest absolute Gasteiger partial charge is 0.407 e. The van der Waals surface area contributed by atoms with Crippen LogP contribution >= 0.6 is 0 Å². The van der Waals surface area contributed by atoms with Crippen molar-refractivity contribution in [3.8, 4) is 0 Å². The van der Waals surface area contributed by atoms with E-state index in [-0.39, 0.29) is 13.0 Å². The molecule has 0 aromatic heterocycles. The Hall–Kier alpha value is -3.18. The fourth-order valence-corrected chi connectivity index (χ4v) is 2.16. The van der Waals surface area contributed by atoms with Crippen LogP contribution in [0.2, 0.25) is 0 Å². The zero-order chi connectivity index (χ0) is 23.8. The highest BCUT2D eigenvalue weighted by Crippen LogP contribution is 2.04. The van der Waals surface area contributed by atoms with Gasteiger partial charge in [0.2, 0.25) is 0 Å². The molecule has 31 heavy (non-hydrogen) atoms. The van der Waals surface area contributed by atoms with Crippen molar-refractivity contribution in [2.24, 2.45) is 17.4 Å². The molecule has 0 aliphatic carbocycles. The van der Waals surface area contributed by atoms with Crippen molar-refractivity contribution >= 4 is 24.0 Å². The van der Waals surface area contributed by atoms with Gasteiger partial charge in [-0.25, -0.2) is 4.79 Å². The molecule has 0 saturated carbocycles. The molecule has 1 unspecified atom stereocenters. The number of rotatable bonds is 12. The van der Waals surface area contributed by atoms with Crippen molar-refractivity contribution in [2.75, 3.05) is 6.54 Å². The number of aliphatic carboxylic acids is 3. The van der Waals surface area contributed by atoms with Gasteiger partial charge in [-0.15, -0.1) is 0 Å². The maximum atomic E-state index is 11.4. The fraction of sp³-hybridized carbons (Fsp3) is 0.500. The summed E-state index contributed by atoms with van der Waals surface area (Å²) < 4.78 is 5.03. The van der Waals surface area contributed by atoms with Crippen molar-refractivity contribution in [1.29, 1.82) is 0 Å². The molecule has 3 atom stereocenters. The standard InChI is InChI=1S/C14H20N2O4.C6H11NO4/c15-12(13(17)18)8-4-5-9-16-14(19)20-10-11-6-2-1-3-7-11;1-3(5(8)9)2-4(7)6(10)11/h1-3,6-7,12H,4-5,8-10,15H2,(H,16,19)(H,17,18);3-4H,2,7H2,1H3,(H,8,9)(H,10,11)/t12-;3?,4-/m00/s1. The molecule has 8 N–H and O–H groups in total. The number of unbranched alkanes of at least 4 members (excludes halogenated alkanes) is 1. The average molecular weight is 441 g/mol. The molecule has 0 fully saturated rings. The number of amides is 1. The lowest BCUT2D eigenvalue weighted by Gasteiger charge is -2.08. The molecule has 0 radical (unpaired) electrons.